The van der Waals surface area contributed by atoms with Crippen LogP contribution in [0.2, 0.25) is 0 Å². The average Bonchev–Trinajstić information content (AvgIpc) is 2.67. The molecule has 6 nitrogen and oxygen atoms in total. The summed E-state index contributed by atoms with van der Waals surface area (Å²) in [5, 5.41) is 3.22. The first-order valence-corrected chi connectivity index (χ1v) is 9.69. The second-order valence-corrected chi connectivity index (χ2v) is 6.39. The van der Waals surface area contributed by atoms with Crippen LogP contribution < -0.4 is 14.8 Å². The number of amides is 1. The lowest BCUT2D eigenvalue weighted by atomic mass is 10.1. The van der Waals surface area contributed by atoms with E-state index in [1.54, 1.807) is 0 Å². The minimum absolute atomic E-state index is 0.0447. The van der Waals surface area contributed by atoms with Crippen molar-refractivity contribution in [2.24, 2.45) is 0 Å². The third-order valence-corrected chi connectivity index (χ3v) is 4.15. The van der Waals surface area contributed by atoms with E-state index in [1.165, 1.54) is 0 Å². The number of nitrogens with zero attached hydrogens (tertiary/aromatic N) is 1. The summed E-state index contributed by atoms with van der Waals surface area (Å²) in [4.78, 5) is 14.7. The summed E-state index contributed by atoms with van der Waals surface area (Å²) in [5.41, 5.74) is 1.03. The van der Waals surface area contributed by atoms with Gasteiger partial charge >= 0.3 is 0 Å². The maximum absolute atomic E-state index is 12.8. The number of carbonyl (C=O) groups is 1. The summed E-state index contributed by atoms with van der Waals surface area (Å²) < 4.78 is 17.1. The lowest BCUT2D eigenvalue weighted by Gasteiger charge is -2.30. The van der Waals surface area contributed by atoms with Gasteiger partial charge in [-0.3, -0.25) is 4.79 Å². The predicted molar refractivity (Wildman–Crippen MR) is 102 cm³/mol. The van der Waals surface area contributed by atoms with E-state index in [2.05, 4.69) is 19.2 Å². The number of benzene rings is 1. The normalized spacial score (nSPS) is 17.0. The van der Waals surface area contributed by atoms with Gasteiger partial charge in [0.15, 0.2) is 11.5 Å². The quantitative estimate of drug-likeness (QED) is 0.691. The van der Waals surface area contributed by atoms with Gasteiger partial charge < -0.3 is 24.4 Å². The molecule has 1 N–H and O–H groups in total. The Morgan fingerprint density at radius 3 is 2.73 bits per heavy atom. The summed E-state index contributed by atoms with van der Waals surface area (Å²) in [5.74, 6) is 1.53. The smallest absolute Gasteiger partial charge is 0.253 e. The van der Waals surface area contributed by atoms with Crippen LogP contribution in [-0.4, -0.2) is 56.4 Å². The Kier molecular flexibility index (Phi) is 8.71. The minimum atomic E-state index is -0.395. The minimum Gasteiger partial charge on any atom is -0.490 e. The van der Waals surface area contributed by atoms with Crippen LogP contribution >= 0.6 is 0 Å². The highest BCUT2D eigenvalue weighted by atomic mass is 16.5. The van der Waals surface area contributed by atoms with Crippen molar-refractivity contribution < 1.29 is 19.0 Å². The molecule has 1 amide bonds. The molecule has 1 heterocycles. The van der Waals surface area contributed by atoms with Crippen molar-refractivity contribution in [2.75, 3.05) is 39.5 Å². The molecule has 1 unspecified atom stereocenters. The monoisotopic (exact) mass is 364 g/mol. The average molecular weight is 364 g/mol. The van der Waals surface area contributed by atoms with Crippen molar-refractivity contribution in [3.63, 3.8) is 0 Å². The van der Waals surface area contributed by atoms with E-state index in [0.29, 0.717) is 39.5 Å². The van der Waals surface area contributed by atoms with Crippen molar-refractivity contribution in [1.82, 2.24) is 10.2 Å². The van der Waals surface area contributed by atoms with Crippen molar-refractivity contribution in [1.29, 1.82) is 0 Å². The largest absolute Gasteiger partial charge is 0.490 e. The molecule has 0 aliphatic carbocycles. The molecule has 1 saturated heterocycles. The van der Waals surface area contributed by atoms with Gasteiger partial charge in [-0.05, 0) is 37.5 Å². The molecule has 2 rings (SSSR count). The molecule has 0 radical (unpaired) electrons. The van der Waals surface area contributed by atoms with Crippen molar-refractivity contribution in [3.05, 3.63) is 23.8 Å². The van der Waals surface area contributed by atoms with E-state index in [4.69, 9.17) is 14.2 Å². The number of ether oxygens (including phenoxy) is 3. The summed E-state index contributed by atoms with van der Waals surface area (Å²) in [6, 6.07) is 5.91. The molecule has 0 bridgehead atoms. The Labute approximate surface area is 156 Å². The van der Waals surface area contributed by atoms with E-state index < -0.39 is 6.10 Å². The van der Waals surface area contributed by atoms with E-state index in [-0.39, 0.29) is 5.91 Å². The molecular weight excluding hydrogens is 332 g/mol. The fourth-order valence-corrected chi connectivity index (χ4v) is 2.94. The molecule has 6 heteroatoms. The highest BCUT2D eigenvalue weighted by Gasteiger charge is 2.26. The van der Waals surface area contributed by atoms with Gasteiger partial charge in [0.25, 0.3) is 5.91 Å². The van der Waals surface area contributed by atoms with Gasteiger partial charge in [0.1, 0.15) is 6.10 Å². The SMILES string of the molecule is CCCOc1ccc(CN(CCC)C(=O)C2CNCCO2)cc1OCC. The summed E-state index contributed by atoms with van der Waals surface area (Å²) in [6.45, 7) is 10.5. The van der Waals surface area contributed by atoms with Crippen LogP contribution in [0.4, 0.5) is 0 Å². The Bertz CT molecular complexity index is 559. The molecule has 26 heavy (non-hydrogen) atoms. The standard InChI is InChI=1S/C20H32N2O4/c1-4-10-22(20(23)19-14-21-9-12-26-19)15-16-7-8-17(25-11-5-2)18(13-16)24-6-3/h7-8,13,19,21H,4-6,9-12,14-15H2,1-3H3. The van der Waals surface area contributed by atoms with Crippen molar-refractivity contribution in [2.45, 2.75) is 46.3 Å². The highest BCUT2D eigenvalue weighted by molar-refractivity contribution is 5.81. The molecule has 1 aromatic rings. The van der Waals surface area contributed by atoms with Crippen LogP contribution in [0.1, 0.15) is 39.2 Å². The number of hydrogen-bond donors (Lipinski definition) is 1. The maximum atomic E-state index is 12.8. The second kappa shape index (κ2) is 11.0. The zero-order chi connectivity index (χ0) is 18.8. The molecule has 1 aliphatic heterocycles. The molecule has 1 atom stereocenters. The second-order valence-electron chi connectivity index (χ2n) is 6.39. The molecule has 146 valence electrons. The van der Waals surface area contributed by atoms with Crippen LogP contribution in [0.15, 0.2) is 18.2 Å². The van der Waals surface area contributed by atoms with Crippen molar-refractivity contribution >= 4 is 5.91 Å². The van der Waals surface area contributed by atoms with Gasteiger partial charge in [-0.2, -0.15) is 0 Å². The van der Waals surface area contributed by atoms with Crippen LogP contribution in [0, 0.1) is 0 Å². The van der Waals surface area contributed by atoms with E-state index >= 15 is 0 Å². The zero-order valence-electron chi connectivity index (χ0n) is 16.3. The molecular formula is C20H32N2O4. The lowest BCUT2D eigenvalue weighted by Crippen LogP contribution is -2.49. The van der Waals surface area contributed by atoms with Crippen LogP contribution in [-0.2, 0) is 16.1 Å². The Morgan fingerprint density at radius 2 is 2.08 bits per heavy atom. The molecule has 1 fully saturated rings. The molecule has 0 saturated carbocycles. The number of carbonyl (C=O) groups excluding carboxylic acids is 1. The topological polar surface area (TPSA) is 60.0 Å². The van der Waals surface area contributed by atoms with Gasteiger partial charge in [0.2, 0.25) is 0 Å². The fourth-order valence-electron chi connectivity index (χ4n) is 2.94. The van der Waals surface area contributed by atoms with E-state index in [0.717, 1.165) is 36.4 Å². The van der Waals surface area contributed by atoms with Gasteiger partial charge in [0.05, 0.1) is 19.8 Å². The third kappa shape index (κ3) is 5.88. The lowest BCUT2D eigenvalue weighted by molar-refractivity contribution is -0.145. The van der Waals surface area contributed by atoms with Crippen LogP contribution in [0.25, 0.3) is 0 Å². The van der Waals surface area contributed by atoms with Crippen molar-refractivity contribution in [3.8, 4) is 11.5 Å². The number of rotatable bonds is 10. The van der Waals surface area contributed by atoms with Gasteiger partial charge in [-0.1, -0.05) is 19.9 Å². The predicted octanol–water partition coefficient (Wildman–Crippen LogP) is 2.60. The summed E-state index contributed by atoms with van der Waals surface area (Å²) in [7, 11) is 0. The Balaban J connectivity index is 2.11. The van der Waals surface area contributed by atoms with Crippen LogP contribution in [0.3, 0.4) is 0 Å². The van der Waals surface area contributed by atoms with Crippen LogP contribution in [0.5, 0.6) is 11.5 Å². The highest BCUT2D eigenvalue weighted by Crippen LogP contribution is 2.29. The zero-order valence-corrected chi connectivity index (χ0v) is 16.3. The first-order valence-electron chi connectivity index (χ1n) is 9.69. The van der Waals surface area contributed by atoms with E-state index in [1.807, 2.05) is 30.0 Å². The van der Waals surface area contributed by atoms with Gasteiger partial charge in [-0.15, -0.1) is 0 Å². The van der Waals surface area contributed by atoms with Gasteiger partial charge in [0, 0.05) is 26.2 Å². The molecule has 0 aromatic heterocycles. The first kappa shape index (κ1) is 20.5. The van der Waals surface area contributed by atoms with E-state index in [9.17, 15) is 4.79 Å². The molecule has 0 spiro atoms. The summed E-state index contributed by atoms with van der Waals surface area (Å²) in [6.07, 6.45) is 1.46. The Hall–Kier alpha value is -1.79. The Morgan fingerprint density at radius 1 is 1.23 bits per heavy atom. The number of nitrogens with one attached hydrogen (secondary N) is 1. The van der Waals surface area contributed by atoms with Gasteiger partial charge in [-0.25, -0.2) is 0 Å². The number of hydrogen-bond acceptors (Lipinski definition) is 5. The first-order chi connectivity index (χ1) is 12.7. The molecule has 1 aromatic carbocycles. The maximum Gasteiger partial charge on any atom is 0.253 e. The summed E-state index contributed by atoms with van der Waals surface area (Å²) >= 11 is 0. The third-order valence-electron chi connectivity index (χ3n) is 4.15. The fraction of sp³-hybridized carbons (Fsp3) is 0.650. The number of morpholine rings is 1. The molecule has 1 aliphatic rings.